The van der Waals surface area contributed by atoms with Gasteiger partial charge in [-0.1, -0.05) is 38.2 Å². The van der Waals surface area contributed by atoms with E-state index in [2.05, 4.69) is 40.9 Å². The van der Waals surface area contributed by atoms with Crippen LogP contribution in [0.5, 0.6) is 0 Å². The van der Waals surface area contributed by atoms with Crippen molar-refractivity contribution in [2.45, 2.75) is 26.2 Å². The smallest absolute Gasteiger partial charge is 0.233 e. The summed E-state index contributed by atoms with van der Waals surface area (Å²) in [6, 6.07) is 5.51. The lowest BCUT2D eigenvalue weighted by molar-refractivity contribution is 0.578. The Morgan fingerprint density at radius 3 is 2.61 bits per heavy atom. The van der Waals surface area contributed by atoms with Crippen LogP contribution in [0, 0.1) is 0 Å². The Bertz CT molecular complexity index is 553. The molecule has 0 atom stereocenters. The van der Waals surface area contributed by atoms with Crippen molar-refractivity contribution in [3.8, 4) is 0 Å². The first-order valence-corrected chi connectivity index (χ1v) is 6.38. The maximum absolute atomic E-state index is 5.87. The average molecular weight is 261 g/mol. The molecule has 2 N–H and O–H groups in total. The van der Waals surface area contributed by atoms with E-state index >= 15 is 0 Å². The molecule has 0 aromatic carbocycles. The highest BCUT2D eigenvalue weighted by Gasteiger charge is 2.19. The Morgan fingerprint density at radius 2 is 2.06 bits per heavy atom. The van der Waals surface area contributed by atoms with Gasteiger partial charge in [0, 0.05) is 11.6 Å². The summed E-state index contributed by atoms with van der Waals surface area (Å²) in [6.07, 6.45) is 1.68. The molecule has 0 bridgehead atoms. The van der Waals surface area contributed by atoms with Crippen LogP contribution in [0.2, 0.25) is 0 Å². The number of aliphatic imine (C=N–C) groups is 1. The van der Waals surface area contributed by atoms with Crippen molar-refractivity contribution in [3.63, 3.8) is 0 Å². The van der Waals surface area contributed by atoms with Crippen molar-refractivity contribution in [3.05, 3.63) is 35.1 Å². The van der Waals surface area contributed by atoms with Crippen molar-refractivity contribution < 1.29 is 0 Å². The zero-order chi connectivity index (χ0) is 13.2. The minimum Gasteiger partial charge on any atom is -0.382 e. The van der Waals surface area contributed by atoms with Gasteiger partial charge in [0.05, 0.1) is 0 Å². The van der Waals surface area contributed by atoms with E-state index < -0.39 is 0 Å². The number of rotatable bonds is 2. The lowest BCUT2D eigenvalue weighted by atomic mass is 9.98. The third-order valence-corrected chi connectivity index (χ3v) is 3.44. The standard InChI is InChI=1S/C12H15N5S/c1-12(2,3)10-16-17-11(18-10)15-9(13)8-6-4-5-7-14-8/h4-7H,1-3H3,(H2,13,15,17). The van der Waals surface area contributed by atoms with Gasteiger partial charge in [0.2, 0.25) is 5.13 Å². The molecule has 0 amide bonds. The molecule has 18 heavy (non-hydrogen) atoms. The van der Waals surface area contributed by atoms with E-state index in [1.54, 1.807) is 6.20 Å². The number of amidine groups is 1. The summed E-state index contributed by atoms with van der Waals surface area (Å²) in [4.78, 5) is 8.37. The Balaban J connectivity index is 2.26. The van der Waals surface area contributed by atoms with E-state index in [0.717, 1.165) is 5.01 Å². The Kier molecular flexibility index (Phi) is 3.38. The third kappa shape index (κ3) is 2.89. The van der Waals surface area contributed by atoms with Gasteiger partial charge < -0.3 is 5.73 Å². The molecule has 94 valence electrons. The van der Waals surface area contributed by atoms with Crippen LogP contribution >= 0.6 is 11.3 Å². The highest BCUT2D eigenvalue weighted by molar-refractivity contribution is 7.15. The number of pyridine rings is 1. The van der Waals surface area contributed by atoms with Crippen LogP contribution < -0.4 is 5.73 Å². The minimum atomic E-state index is -0.0226. The molecule has 2 rings (SSSR count). The van der Waals surface area contributed by atoms with Gasteiger partial charge in [-0.2, -0.15) is 4.99 Å². The van der Waals surface area contributed by atoms with Gasteiger partial charge >= 0.3 is 0 Å². The van der Waals surface area contributed by atoms with Crippen molar-refractivity contribution in [2.24, 2.45) is 10.7 Å². The van der Waals surface area contributed by atoms with Crippen molar-refractivity contribution in [1.29, 1.82) is 0 Å². The number of aromatic nitrogens is 3. The summed E-state index contributed by atoms with van der Waals surface area (Å²) in [5.74, 6) is 0.354. The van der Waals surface area contributed by atoms with Gasteiger partial charge in [-0.25, -0.2) is 0 Å². The number of nitrogens with two attached hydrogens (primary N) is 1. The maximum atomic E-state index is 5.87. The fraction of sp³-hybridized carbons (Fsp3) is 0.333. The minimum absolute atomic E-state index is 0.0226. The quantitative estimate of drug-likeness (QED) is 0.664. The molecule has 0 aliphatic carbocycles. The van der Waals surface area contributed by atoms with E-state index in [-0.39, 0.29) is 5.41 Å². The molecule has 2 heterocycles. The Labute approximate surface area is 110 Å². The molecule has 5 nitrogen and oxygen atoms in total. The lowest BCUT2D eigenvalue weighted by Gasteiger charge is -2.11. The van der Waals surface area contributed by atoms with E-state index in [4.69, 9.17) is 5.73 Å². The lowest BCUT2D eigenvalue weighted by Crippen LogP contribution is -2.14. The predicted molar refractivity (Wildman–Crippen MR) is 73.2 cm³/mol. The van der Waals surface area contributed by atoms with Crippen LogP contribution in [-0.4, -0.2) is 21.0 Å². The maximum Gasteiger partial charge on any atom is 0.233 e. The number of hydrogen-bond donors (Lipinski definition) is 1. The first-order chi connectivity index (χ1) is 8.47. The number of nitrogens with zero attached hydrogens (tertiary/aromatic N) is 4. The van der Waals surface area contributed by atoms with Gasteiger partial charge in [0.15, 0.2) is 5.84 Å². The molecule has 0 spiro atoms. The average Bonchev–Trinajstić information content (AvgIpc) is 2.78. The third-order valence-electron chi connectivity index (χ3n) is 2.20. The summed E-state index contributed by atoms with van der Waals surface area (Å²) in [7, 11) is 0. The molecule has 2 aromatic rings. The second-order valence-corrected chi connectivity index (χ2v) is 5.81. The molecule has 0 unspecified atom stereocenters. The molecule has 0 fully saturated rings. The van der Waals surface area contributed by atoms with Crippen molar-refractivity contribution >= 4 is 22.3 Å². The highest BCUT2D eigenvalue weighted by Crippen LogP contribution is 2.29. The second kappa shape index (κ2) is 4.81. The van der Waals surface area contributed by atoms with Crippen molar-refractivity contribution in [2.75, 3.05) is 0 Å². The van der Waals surface area contributed by atoms with Crippen LogP contribution in [0.25, 0.3) is 0 Å². The van der Waals surface area contributed by atoms with Gasteiger partial charge in [-0.05, 0) is 12.1 Å². The zero-order valence-corrected chi connectivity index (χ0v) is 11.4. The molecule has 2 aromatic heterocycles. The topological polar surface area (TPSA) is 77.0 Å². The summed E-state index contributed by atoms with van der Waals surface area (Å²) >= 11 is 1.45. The fourth-order valence-electron chi connectivity index (χ4n) is 1.24. The van der Waals surface area contributed by atoms with Crippen LogP contribution in [0.15, 0.2) is 29.4 Å². The fourth-order valence-corrected chi connectivity index (χ4v) is 2.02. The monoisotopic (exact) mass is 261 g/mol. The molecule has 0 saturated heterocycles. The van der Waals surface area contributed by atoms with E-state index in [1.165, 1.54) is 11.3 Å². The normalized spacial score (nSPS) is 12.7. The first kappa shape index (κ1) is 12.6. The summed E-state index contributed by atoms with van der Waals surface area (Å²) in [6.45, 7) is 6.26. The second-order valence-electron chi connectivity index (χ2n) is 4.85. The molecule has 0 aliphatic rings. The summed E-state index contributed by atoms with van der Waals surface area (Å²) in [5.41, 5.74) is 6.49. The molecular weight excluding hydrogens is 246 g/mol. The van der Waals surface area contributed by atoms with Crippen molar-refractivity contribution in [1.82, 2.24) is 15.2 Å². The summed E-state index contributed by atoms with van der Waals surface area (Å²) < 4.78 is 0. The largest absolute Gasteiger partial charge is 0.382 e. The van der Waals surface area contributed by atoms with E-state index in [1.807, 2.05) is 18.2 Å². The van der Waals surface area contributed by atoms with Crippen LogP contribution in [0.3, 0.4) is 0 Å². The molecule has 6 heteroatoms. The molecule has 0 radical (unpaired) electrons. The Hall–Kier alpha value is -1.82. The predicted octanol–water partition coefficient (Wildman–Crippen LogP) is 2.27. The highest BCUT2D eigenvalue weighted by atomic mass is 32.1. The SMILES string of the molecule is CC(C)(C)c1nnc(/N=C(\N)c2ccccn2)s1. The Morgan fingerprint density at radius 1 is 1.28 bits per heavy atom. The molecule has 0 saturated carbocycles. The van der Waals surface area contributed by atoms with E-state index in [0.29, 0.717) is 16.7 Å². The zero-order valence-electron chi connectivity index (χ0n) is 10.6. The number of hydrogen-bond acceptors (Lipinski definition) is 5. The van der Waals surface area contributed by atoms with Gasteiger partial charge in [0.1, 0.15) is 10.7 Å². The van der Waals surface area contributed by atoms with Gasteiger partial charge in [-0.3, -0.25) is 4.98 Å². The van der Waals surface area contributed by atoms with Crippen LogP contribution in [-0.2, 0) is 5.41 Å². The molecular formula is C12H15N5S. The first-order valence-electron chi connectivity index (χ1n) is 5.56. The van der Waals surface area contributed by atoms with Gasteiger partial charge in [-0.15, -0.1) is 10.2 Å². The molecule has 0 aliphatic heterocycles. The van der Waals surface area contributed by atoms with E-state index in [9.17, 15) is 0 Å². The van der Waals surface area contributed by atoms with Crippen LogP contribution in [0.1, 0.15) is 31.5 Å². The van der Waals surface area contributed by atoms with Gasteiger partial charge in [0.25, 0.3) is 0 Å². The summed E-state index contributed by atoms with van der Waals surface area (Å²) in [5, 5.41) is 9.64. The van der Waals surface area contributed by atoms with Crippen LogP contribution in [0.4, 0.5) is 5.13 Å².